The summed E-state index contributed by atoms with van der Waals surface area (Å²) in [4.78, 5) is 14.9. The number of hydrogen-bond acceptors (Lipinski definition) is 2. The summed E-state index contributed by atoms with van der Waals surface area (Å²) in [6.07, 6.45) is 3.75. The average molecular weight is 223 g/mol. The normalized spacial score (nSPS) is 35.0. The van der Waals surface area contributed by atoms with Crippen LogP contribution < -0.4 is 0 Å². The van der Waals surface area contributed by atoms with E-state index in [1.165, 1.54) is 12.8 Å². The molecule has 2 nitrogen and oxygen atoms in total. The summed E-state index contributed by atoms with van der Waals surface area (Å²) in [5.41, 5.74) is -0.193. The Kier molecular flexibility index (Phi) is 2.90. The van der Waals surface area contributed by atoms with E-state index in [2.05, 4.69) is 18.7 Å². The topological polar surface area (TPSA) is 20.3 Å². The van der Waals surface area contributed by atoms with Gasteiger partial charge in [-0.15, -0.1) is 0 Å². The number of hydrogen-bond donors (Lipinski definition) is 0. The van der Waals surface area contributed by atoms with Crippen LogP contribution in [-0.2, 0) is 4.79 Å². The highest BCUT2D eigenvalue weighted by molar-refractivity contribution is 5.89. The maximum atomic E-state index is 12.5. The van der Waals surface area contributed by atoms with Crippen molar-refractivity contribution in [3.8, 4) is 0 Å². The maximum absolute atomic E-state index is 12.5. The monoisotopic (exact) mass is 223 g/mol. The standard InChI is InChI=1S/C14H25NO/c1-9(2)15-11-7-6-10(11)8-12(15)13(16)14(3,4)5/h9-12H,6-8H2,1-5H3. The van der Waals surface area contributed by atoms with Crippen LogP contribution in [0.4, 0.5) is 0 Å². The van der Waals surface area contributed by atoms with Gasteiger partial charge in [-0.2, -0.15) is 0 Å². The van der Waals surface area contributed by atoms with Gasteiger partial charge in [0.05, 0.1) is 6.04 Å². The number of rotatable bonds is 2. The lowest BCUT2D eigenvalue weighted by molar-refractivity contribution is -0.132. The highest BCUT2D eigenvalue weighted by atomic mass is 16.1. The molecule has 1 aliphatic carbocycles. The Morgan fingerprint density at radius 2 is 1.88 bits per heavy atom. The van der Waals surface area contributed by atoms with Gasteiger partial charge in [-0.1, -0.05) is 20.8 Å². The first-order valence-corrected chi connectivity index (χ1v) is 6.64. The molecule has 0 aromatic rings. The minimum absolute atomic E-state index is 0.192. The lowest BCUT2D eigenvalue weighted by atomic mass is 9.78. The van der Waals surface area contributed by atoms with E-state index in [-0.39, 0.29) is 11.5 Å². The van der Waals surface area contributed by atoms with Crippen molar-refractivity contribution in [2.75, 3.05) is 0 Å². The van der Waals surface area contributed by atoms with Crippen molar-refractivity contribution in [3.05, 3.63) is 0 Å². The first kappa shape index (κ1) is 12.1. The third-order valence-corrected chi connectivity index (χ3v) is 4.28. The molecule has 0 spiro atoms. The molecule has 16 heavy (non-hydrogen) atoms. The van der Waals surface area contributed by atoms with Crippen molar-refractivity contribution >= 4 is 5.78 Å². The molecule has 0 aromatic heterocycles. The van der Waals surface area contributed by atoms with E-state index in [0.29, 0.717) is 17.9 Å². The fraction of sp³-hybridized carbons (Fsp3) is 0.929. The van der Waals surface area contributed by atoms with Crippen LogP contribution in [-0.4, -0.2) is 28.8 Å². The van der Waals surface area contributed by atoms with Crippen LogP contribution in [0, 0.1) is 11.3 Å². The molecule has 92 valence electrons. The molecule has 1 aliphatic heterocycles. The average Bonchev–Trinajstić information content (AvgIpc) is 2.36. The number of likely N-dealkylation sites (tertiary alicyclic amines) is 1. The number of ketones is 1. The van der Waals surface area contributed by atoms with Crippen LogP contribution >= 0.6 is 0 Å². The van der Waals surface area contributed by atoms with Gasteiger partial charge in [0.15, 0.2) is 5.78 Å². The van der Waals surface area contributed by atoms with Crippen molar-refractivity contribution in [3.63, 3.8) is 0 Å². The molecule has 3 atom stereocenters. The van der Waals surface area contributed by atoms with Gasteiger partial charge in [-0.05, 0) is 39.0 Å². The zero-order chi connectivity index (χ0) is 12.1. The Labute approximate surface area is 99.4 Å². The van der Waals surface area contributed by atoms with Crippen molar-refractivity contribution in [2.24, 2.45) is 11.3 Å². The van der Waals surface area contributed by atoms with E-state index in [4.69, 9.17) is 0 Å². The number of carbonyl (C=O) groups is 1. The highest BCUT2D eigenvalue weighted by Crippen LogP contribution is 2.46. The Morgan fingerprint density at radius 1 is 1.25 bits per heavy atom. The Balaban J connectivity index is 2.17. The summed E-state index contributed by atoms with van der Waals surface area (Å²) >= 11 is 0. The molecule has 0 aromatic carbocycles. The minimum atomic E-state index is -0.193. The maximum Gasteiger partial charge on any atom is 0.155 e. The van der Waals surface area contributed by atoms with Crippen molar-refractivity contribution < 1.29 is 4.79 Å². The van der Waals surface area contributed by atoms with Gasteiger partial charge >= 0.3 is 0 Å². The zero-order valence-corrected chi connectivity index (χ0v) is 11.3. The lowest BCUT2D eigenvalue weighted by Crippen LogP contribution is -2.50. The summed E-state index contributed by atoms with van der Waals surface area (Å²) in [7, 11) is 0. The van der Waals surface area contributed by atoms with Crippen LogP contribution in [0.15, 0.2) is 0 Å². The molecule has 2 aliphatic rings. The number of fused-ring (bicyclic) bond motifs is 1. The predicted octanol–water partition coefficient (Wildman–Crippen LogP) is 2.86. The smallest absolute Gasteiger partial charge is 0.155 e. The van der Waals surface area contributed by atoms with E-state index < -0.39 is 0 Å². The second-order valence-electron chi connectivity index (χ2n) is 6.81. The second-order valence-corrected chi connectivity index (χ2v) is 6.81. The molecule has 2 rings (SSSR count). The quantitative estimate of drug-likeness (QED) is 0.717. The van der Waals surface area contributed by atoms with E-state index in [1.54, 1.807) is 0 Å². The molecule has 0 amide bonds. The molecule has 0 N–H and O–H groups in total. The van der Waals surface area contributed by atoms with Crippen molar-refractivity contribution in [1.29, 1.82) is 0 Å². The van der Waals surface area contributed by atoms with Crippen LogP contribution in [0.25, 0.3) is 0 Å². The largest absolute Gasteiger partial charge is 0.297 e. The van der Waals surface area contributed by atoms with Gasteiger partial charge in [0.2, 0.25) is 0 Å². The summed E-state index contributed by atoms with van der Waals surface area (Å²) in [6, 6.07) is 1.40. The van der Waals surface area contributed by atoms with E-state index >= 15 is 0 Å². The van der Waals surface area contributed by atoms with E-state index in [1.807, 2.05) is 20.8 Å². The van der Waals surface area contributed by atoms with Crippen LogP contribution in [0.2, 0.25) is 0 Å². The SMILES string of the molecule is CC(C)N1C(C(=O)C(C)(C)C)CC2CCC21. The molecule has 3 unspecified atom stereocenters. The molecule has 1 heterocycles. The van der Waals surface area contributed by atoms with Gasteiger partial charge in [0.1, 0.15) is 0 Å². The van der Waals surface area contributed by atoms with Crippen LogP contribution in [0.3, 0.4) is 0 Å². The molecular weight excluding hydrogens is 198 g/mol. The first-order valence-electron chi connectivity index (χ1n) is 6.64. The number of nitrogens with zero attached hydrogens (tertiary/aromatic N) is 1. The van der Waals surface area contributed by atoms with Crippen molar-refractivity contribution in [2.45, 2.75) is 72.0 Å². The van der Waals surface area contributed by atoms with Gasteiger partial charge in [-0.3, -0.25) is 9.69 Å². The summed E-state index contributed by atoms with van der Waals surface area (Å²) in [5.74, 6) is 1.24. The van der Waals surface area contributed by atoms with Crippen molar-refractivity contribution in [1.82, 2.24) is 4.90 Å². The van der Waals surface area contributed by atoms with Gasteiger partial charge in [0, 0.05) is 17.5 Å². The Morgan fingerprint density at radius 3 is 2.25 bits per heavy atom. The highest BCUT2D eigenvalue weighted by Gasteiger charge is 2.51. The Hall–Kier alpha value is -0.370. The molecule has 2 heteroatoms. The molecule has 2 fully saturated rings. The van der Waals surface area contributed by atoms with Gasteiger partial charge in [-0.25, -0.2) is 0 Å². The van der Waals surface area contributed by atoms with Crippen LogP contribution in [0.5, 0.6) is 0 Å². The molecular formula is C14H25NO. The summed E-state index contributed by atoms with van der Waals surface area (Å²) in [5, 5.41) is 0. The van der Waals surface area contributed by atoms with Gasteiger partial charge < -0.3 is 0 Å². The first-order chi connectivity index (χ1) is 7.32. The fourth-order valence-electron chi connectivity index (χ4n) is 3.34. The summed E-state index contributed by atoms with van der Waals surface area (Å²) < 4.78 is 0. The lowest BCUT2D eigenvalue weighted by Gasteiger charge is -2.40. The van der Waals surface area contributed by atoms with Crippen LogP contribution in [0.1, 0.15) is 53.9 Å². The fourth-order valence-corrected chi connectivity index (χ4v) is 3.34. The molecule has 0 bridgehead atoms. The number of Topliss-reactive ketones (excluding diaryl/α,β-unsaturated/α-hetero) is 1. The predicted molar refractivity (Wildman–Crippen MR) is 66.4 cm³/mol. The van der Waals surface area contributed by atoms with E-state index in [0.717, 1.165) is 12.3 Å². The third kappa shape index (κ3) is 1.81. The minimum Gasteiger partial charge on any atom is -0.297 e. The zero-order valence-electron chi connectivity index (χ0n) is 11.3. The molecule has 0 radical (unpaired) electrons. The third-order valence-electron chi connectivity index (χ3n) is 4.28. The Bertz CT molecular complexity index is 290. The van der Waals surface area contributed by atoms with E-state index in [9.17, 15) is 4.79 Å². The summed E-state index contributed by atoms with van der Waals surface area (Å²) in [6.45, 7) is 10.6. The molecule has 1 saturated heterocycles. The molecule has 1 saturated carbocycles. The van der Waals surface area contributed by atoms with Gasteiger partial charge in [0.25, 0.3) is 0 Å². The second kappa shape index (κ2) is 3.83. The number of carbonyl (C=O) groups excluding carboxylic acids is 1.